The summed E-state index contributed by atoms with van der Waals surface area (Å²) in [7, 11) is -4.65. The Labute approximate surface area is 335 Å². The summed E-state index contributed by atoms with van der Waals surface area (Å²) in [6, 6.07) is 0.221. The van der Waals surface area contributed by atoms with Crippen LogP contribution in [0.1, 0.15) is 164 Å². The SMILES string of the molecule is CCCCN(OS(=O)(=O)ON1C(=O)N2C[C@@H]1CC[C@H]2c1cc(CCN(CCNC(=O)OC(C)(C)C)C(=O)OC(C)(C)C)on1)C(CCC)(CCCC)CCCC. The fourth-order valence-corrected chi connectivity index (χ4v) is 8.08. The molecule has 1 N–H and O–H groups in total. The number of hydrogen-bond donors (Lipinski definition) is 1. The molecule has 0 aliphatic carbocycles. The summed E-state index contributed by atoms with van der Waals surface area (Å²) in [5, 5.41) is 9.52. The van der Waals surface area contributed by atoms with Crippen LogP contribution in [0.4, 0.5) is 14.4 Å². The molecule has 2 saturated heterocycles. The van der Waals surface area contributed by atoms with E-state index in [1.165, 1.54) is 4.90 Å². The molecule has 2 aliphatic heterocycles. The van der Waals surface area contributed by atoms with Crippen LogP contribution in [0.25, 0.3) is 0 Å². The molecule has 2 aliphatic rings. The largest absolute Gasteiger partial charge is 0.444 e. The third-order valence-electron chi connectivity index (χ3n) is 9.87. The van der Waals surface area contributed by atoms with Gasteiger partial charge in [0.1, 0.15) is 22.7 Å². The van der Waals surface area contributed by atoms with E-state index in [0.717, 1.165) is 69.3 Å². The number of amides is 4. The number of rotatable bonds is 23. The molecule has 16 nitrogen and oxygen atoms in total. The summed E-state index contributed by atoms with van der Waals surface area (Å²) in [4.78, 5) is 42.0. The quantitative estimate of drug-likeness (QED) is 0.106. The van der Waals surface area contributed by atoms with Gasteiger partial charge in [-0.3, -0.25) is 0 Å². The van der Waals surface area contributed by atoms with Crippen molar-refractivity contribution >= 4 is 28.6 Å². The molecular weight excluding hydrogens is 745 g/mol. The number of urea groups is 1. The van der Waals surface area contributed by atoms with Crippen LogP contribution in [0, 0.1) is 0 Å². The monoisotopic (exact) mass is 814 g/mol. The molecule has 322 valence electrons. The van der Waals surface area contributed by atoms with Crippen molar-refractivity contribution in [2.24, 2.45) is 0 Å². The Morgan fingerprint density at radius 2 is 1.54 bits per heavy atom. The van der Waals surface area contributed by atoms with E-state index in [-0.39, 0.29) is 32.6 Å². The Bertz CT molecular complexity index is 1500. The Kier molecular flexibility index (Phi) is 17.7. The van der Waals surface area contributed by atoms with Gasteiger partial charge in [-0.2, -0.15) is 22.8 Å². The highest BCUT2D eigenvalue weighted by Crippen LogP contribution is 2.40. The van der Waals surface area contributed by atoms with Gasteiger partial charge < -0.3 is 29.1 Å². The van der Waals surface area contributed by atoms with Gasteiger partial charge in [0.25, 0.3) is 0 Å². The number of piperidine rings is 1. The fraction of sp³-hybridized carbons (Fsp3) is 0.846. The number of fused-ring (bicyclic) bond motifs is 2. The lowest BCUT2D eigenvalue weighted by molar-refractivity contribution is -0.172. The van der Waals surface area contributed by atoms with Crippen LogP contribution in [0.5, 0.6) is 0 Å². The first-order chi connectivity index (χ1) is 26.3. The number of unbranched alkanes of at least 4 members (excludes halogenated alkanes) is 3. The van der Waals surface area contributed by atoms with E-state index in [1.807, 2.05) is 0 Å². The number of nitrogens with one attached hydrogen (secondary N) is 1. The Morgan fingerprint density at radius 3 is 2.12 bits per heavy atom. The molecule has 3 rings (SSSR count). The van der Waals surface area contributed by atoms with Crippen LogP contribution < -0.4 is 5.32 Å². The topological polar surface area (TPSA) is 173 Å². The maximum Gasteiger partial charge on any atom is 0.437 e. The summed E-state index contributed by atoms with van der Waals surface area (Å²) in [6.07, 6.45) is 8.90. The highest BCUT2D eigenvalue weighted by molar-refractivity contribution is 7.81. The molecule has 56 heavy (non-hydrogen) atoms. The first-order valence-corrected chi connectivity index (χ1v) is 22.0. The van der Waals surface area contributed by atoms with Crippen molar-refractivity contribution in [3.63, 3.8) is 0 Å². The first kappa shape index (κ1) is 47.2. The zero-order valence-corrected chi connectivity index (χ0v) is 36.5. The van der Waals surface area contributed by atoms with Crippen LogP contribution in [0.3, 0.4) is 0 Å². The molecule has 0 unspecified atom stereocenters. The van der Waals surface area contributed by atoms with Gasteiger partial charge in [0.05, 0.1) is 12.1 Å². The molecule has 2 fully saturated rings. The standard InChI is InChI=1S/C39H70N6O10S/c1-11-15-22-39(21-14-4,23-16-12-2)44(25-17-13-3)54-56(49,50)55-45-30-18-19-33(43(29-30)35(45)47)32-28-31(53-41-32)20-26-42(36(48)52-38(8,9)10)27-24-40-34(46)51-37(5,6)7/h28,30,33H,11-27,29H2,1-10H3,(H,40,46)/t30-,33-/m0/s1. The number of hydroxylamine groups is 4. The molecule has 0 spiro atoms. The second-order valence-electron chi connectivity index (χ2n) is 17.1. The highest BCUT2D eigenvalue weighted by Gasteiger charge is 2.49. The summed E-state index contributed by atoms with van der Waals surface area (Å²) < 4.78 is 55.2. The minimum Gasteiger partial charge on any atom is -0.444 e. The van der Waals surface area contributed by atoms with E-state index in [4.69, 9.17) is 22.6 Å². The van der Waals surface area contributed by atoms with Crippen molar-refractivity contribution in [1.29, 1.82) is 0 Å². The molecule has 1 aromatic heterocycles. The summed E-state index contributed by atoms with van der Waals surface area (Å²) in [5.74, 6) is 0.486. The smallest absolute Gasteiger partial charge is 0.437 e. The van der Waals surface area contributed by atoms with Gasteiger partial charge in [0.15, 0.2) is 0 Å². The molecule has 2 bridgehead atoms. The van der Waals surface area contributed by atoms with E-state index in [2.05, 4.69) is 38.2 Å². The molecule has 0 saturated carbocycles. The van der Waals surface area contributed by atoms with Crippen LogP contribution in [0.2, 0.25) is 0 Å². The maximum atomic E-state index is 13.8. The average molecular weight is 815 g/mol. The van der Waals surface area contributed by atoms with Crippen LogP contribution >= 0.6 is 0 Å². The molecule has 0 radical (unpaired) electrons. The van der Waals surface area contributed by atoms with E-state index < -0.39 is 57.4 Å². The van der Waals surface area contributed by atoms with Gasteiger partial charge in [-0.05, 0) is 80.1 Å². The van der Waals surface area contributed by atoms with Gasteiger partial charge in [0.2, 0.25) is 0 Å². The van der Waals surface area contributed by atoms with Crippen LogP contribution in [-0.2, 0) is 34.9 Å². The van der Waals surface area contributed by atoms with Crippen molar-refractivity contribution in [2.45, 2.75) is 182 Å². The second-order valence-corrected chi connectivity index (χ2v) is 18.2. The average Bonchev–Trinajstić information content (AvgIpc) is 3.66. The lowest BCUT2D eigenvalue weighted by atomic mass is 9.82. The van der Waals surface area contributed by atoms with Gasteiger partial charge >= 0.3 is 28.6 Å². The van der Waals surface area contributed by atoms with Crippen molar-refractivity contribution in [2.75, 3.05) is 32.7 Å². The predicted octanol–water partition coefficient (Wildman–Crippen LogP) is 8.05. The number of carbonyl (C=O) groups excluding carboxylic acids is 3. The van der Waals surface area contributed by atoms with Gasteiger partial charge in [-0.15, -0.1) is 4.28 Å². The second kappa shape index (κ2) is 21.0. The highest BCUT2D eigenvalue weighted by atomic mass is 32.3. The number of alkyl carbamates (subject to hydrolysis) is 1. The van der Waals surface area contributed by atoms with Crippen LogP contribution in [0.15, 0.2) is 10.6 Å². The van der Waals surface area contributed by atoms with E-state index in [9.17, 15) is 22.8 Å². The summed E-state index contributed by atoms with van der Waals surface area (Å²) in [6.45, 7) is 20.3. The number of hydrogen-bond acceptors (Lipinski definition) is 12. The molecule has 4 amide bonds. The van der Waals surface area contributed by atoms with Crippen molar-refractivity contribution < 1.29 is 45.4 Å². The minimum atomic E-state index is -4.65. The van der Waals surface area contributed by atoms with Crippen LogP contribution in [-0.4, -0.2) is 107 Å². The number of aromatic nitrogens is 1. The van der Waals surface area contributed by atoms with E-state index in [0.29, 0.717) is 30.8 Å². The number of nitrogens with zero attached hydrogens (tertiary/aromatic N) is 5. The lowest BCUT2D eigenvalue weighted by Gasteiger charge is -2.43. The molecule has 0 aromatic carbocycles. The van der Waals surface area contributed by atoms with Crippen molar-refractivity contribution in [3.05, 3.63) is 17.5 Å². The zero-order valence-electron chi connectivity index (χ0n) is 35.7. The number of ether oxygens (including phenoxy) is 2. The normalized spacial score (nSPS) is 17.8. The Balaban J connectivity index is 1.70. The molecular formula is C39H70N6O10S. The van der Waals surface area contributed by atoms with Crippen molar-refractivity contribution in [3.8, 4) is 0 Å². The van der Waals surface area contributed by atoms with E-state index >= 15 is 0 Å². The fourth-order valence-electron chi connectivity index (χ4n) is 7.22. The third kappa shape index (κ3) is 14.3. The molecule has 2 atom stereocenters. The first-order valence-electron chi connectivity index (χ1n) is 20.7. The molecule has 1 aromatic rings. The Morgan fingerprint density at radius 1 is 0.893 bits per heavy atom. The third-order valence-corrected chi connectivity index (χ3v) is 10.6. The Hall–Kier alpha value is -3.15. The van der Waals surface area contributed by atoms with Gasteiger partial charge in [-0.1, -0.05) is 71.4 Å². The summed E-state index contributed by atoms with van der Waals surface area (Å²) in [5.41, 5.74) is -1.33. The molecule has 17 heteroatoms. The van der Waals surface area contributed by atoms with E-state index in [1.54, 1.807) is 57.6 Å². The zero-order chi connectivity index (χ0) is 41.7. The van der Waals surface area contributed by atoms with Gasteiger partial charge in [-0.25, -0.2) is 14.4 Å². The maximum absolute atomic E-state index is 13.8. The van der Waals surface area contributed by atoms with Gasteiger partial charge in [0, 0.05) is 50.7 Å². The lowest BCUT2D eigenvalue weighted by Crippen LogP contribution is -2.51. The van der Waals surface area contributed by atoms with Crippen molar-refractivity contribution in [1.82, 2.24) is 30.4 Å². The number of carbonyl (C=O) groups is 3. The summed E-state index contributed by atoms with van der Waals surface area (Å²) >= 11 is 0. The minimum absolute atomic E-state index is 0.142. The predicted molar refractivity (Wildman–Crippen MR) is 211 cm³/mol. The molecule has 3 heterocycles.